The van der Waals surface area contributed by atoms with Crippen LogP contribution in [0.15, 0.2) is 12.1 Å². The lowest BCUT2D eigenvalue weighted by Gasteiger charge is -2.34. The Kier molecular flexibility index (Phi) is 6.83. The summed E-state index contributed by atoms with van der Waals surface area (Å²) in [6.45, 7) is 3.49. The van der Waals surface area contributed by atoms with Crippen LogP contribution in [0.2, 0.25) is 0 Å². The number of benzene rings is 1. The molecule has 6 nitrogen and oxygen atoms in total. The molecule has 0 spiro atoms. The molecule has 27 heavy (non-hydrogen) atoms. The van der Waals surface area contributed by atoms with Crippen molar-refractivity contribution in [1.29, 1.82) is 0 Å². The molecule has 1 aliphatic heterocycles. The van der Waals surface area contributed by atoms with E-state index in [2.05, 4.69) is 10.2 Å². The van der Waals surface area contributed by atoms with Crippen molar-refractivity contribution < 1.29 is 19.0 Å². The van der Waals surface area contributed by atoms with Crippen LogP contribution in [0.5, 0.6) is 17.2 Å². The summed E-state index contributed by atoms with van der Waals surface area (Å²) in [6, 6.07) is 3.66. The fraction of sp³-hybridized carbons (Fsp3) is 0.667. The Morgan fingerprint density at radius 2 is 1.63 bits per heavy atom. The molecule has 1 saturated heterocycles. The maximum Gasteiger partial charge on any atom is 0.251 e. The van der Waals surface area contributed by atoms with Crippen molar-refractivity contribution in [3.63, 3.8) is 0 Å². The van der Waals surface area contributed by atoms with Crippen LogP contribution in [-0.4, -0.2) is 57.8 Å². The first kappa shape index (κ1) is 19.8. The molecule has 6 heteroatoms. The fourth-order valence-electron chi connectivity index (χ4n) is 4.38. The monoisotopic (exact) mass is 376 g/mol. The molecule has 1 aromatic rings. The van der Waals surface area contributed by atoms with E-state index in [0.29, 0.717) is 28.7 Å². The van der Waals surface area contributed by atoms with Crippen molar-refractivity contribution in [2.24, 2.45) is 5.92 Å². The highest BCUT2D eigenvalue weighted by molar-refractivity contribution is 5.95. The molecule has 150 valence electrons. The van der Waals surface area contributed by atoms with Crippen molar-refractivity contribution in [3.05, 3.63) is 17.7 Å². The van der Waals surface area contributed by atoms with Gasteiger partial charge in [-0.1, -0.05) is 12.8 Å². The van der Waals surface area contributed by atoms with E-state index in [0.717, 1.165) is 13.0 Å². The second kappa shape index (κ2) is 9.31. The van der Waals surface area contributed by atoms with E-state index in [-0.39, 0.29) is 11.9 Å². The van der Waals surface area contributed by atoms with Crippen LogP contribution in [-0.2, 0) is 0 Å². The Hall–Kier alpha value is -1.95. The van der Waals surface area contributed by atoms with E-state index >= 15 is 0 Å². The van der Waals surface area contributed by atoms with E-state index in [9.17, 15) is 4.79 Å². The van der Waals surface area contributed by atoms with Gasteiger partial charge >= 0.3 is 0 Å². The Balaban J connectivity index is 1.72. The molecule has 1 aromatic carbocycles. The number of ether oxygens (including phenoxy) is 3. The molecular weight excluding hydrogens is 344 g/mol. The van der Waals surface area contributed by atoms with Crippen LogP contribution in [0.25, 0.3) is 0 Å². The maximum atomic E-state index is 13.0. The van der Waals surface area contributed by atoms with Gasteiger partial charge in [-0.2, -0.15) is 0 Å². The zero-order valence-electron chi connectivity index (χ0n) is 16.8. The standard InChI is InChI=1S/C21H32N2O4/c1-25-18-12-16(13-19(26-2)20(18)27-3)21(24)22-17-9-5-4-8-15(17)14-23-10-6-7-11-23/h12-13,15,17H,4-11,14H2,1-3H3,(H,22,24). The molecular formula is C21H32N2O4. The number of nitrogens with one attached hydrogen (secondary N) is 1. The summed E-state index contributed by atoms with van der Waals surface area (Å²) < 4.78 is 16.1. The minimum Gasteiger partial charge on any atom is -0.493 e. The normalized spacial score (nSPS) is 23.1. The van der Waals surface area contributed by atoms with E-state index in [4.69, 9.17) is 14.2 Å². The van der Waals surface area contributed by atoms with Gasteiger partial charge in [-0.05, 0) is 56.8 Å². The minimum absolute atomic E-state index is 0.0763. The largest absolute Gasteiger partial charge is 0.493 e. The van der Waals surface area contributed by atoms with Crippen LogP contribution in [0.1, 0.15) is 48.9 Å². The number of carbonyl (C=O) groups excluding carboxylic acids is 1. The van der Waals surface area contributed by atoms with Crippen LogP contribution < -0.4 is 19.5 Å². The number of amides is 1. The van der Waals surface area contributed by atoms with Crippen molar-refractivity contribution >= 4 is 5.91 Å². The van der Waals surface area contributed by atoms with Crippen molar-refractivity contribution in [2.75, 3.05) is 41.0 Å². The molecule has 2 unspecified atom stereocenters. The lowest BCUT2D eigenvalue weighted by molar-refractivity contribution is 0.0890. The number of rotatable bonds is 7. The fourth-order valence-corrected chi connectivity index (χ4v) is 4.38. The van der Waals surface area contributed by atoms with Gasteiger partial charge in [-0.25, -0.2) is 0 Å². The summed E-state index contributed by atoms with van der Waals surface area (Å²) >= 11 is 0. The average molecular weight is 376 g/mol. The second-order valence-corrected chi connectivity index (χ2v) is 7.55. The average Bonchev–Trinajstić information content (AvgIpc) is 3.21. The number of hydrogen-bond acceptors (Lipinski definition) is 5. The molecule has 2 fully saturated rings. The number of nitrogens with zero attached hydrogens (tertiary/aromatic N) is 1. The highest BCUT2D eigenvalue weighted by Gasteiger charge is 2.29. The van der Waals surface area contributed by atoms with Gasteiger partial charge in [0.2, 0.25) is 5.75 Å². The molecule has 0 radical (unpaired) electrons. The summed E-state index contributed by atoms with van der Waals surface area (Å²) in [5.74, 6) is 1.95. The first-order valence-electron chi connectivity index (χ1n) is 9.99. The Morgan fingerprint density at radius 3 is 2.22 bits per heavy atom. The number of likely N-dealkylation sites (tertiary alicyclic amines) is 1. The summed E-state index contributed by atoms with van der Waals surface area (Å²) in [7, 11) is 4.68. The predicted molar refractivity (Wildman–Crippen MR) is 105 cm³/mol. The highest BCUT2D eigenvalue weighted by Crippen LogP contribution is 2.38. The Labute approximate surface area is 162 Å². The van der Waals surface area contributed by atoms with Gasteiger partial charge in [0.25, 0.3) is 5.91 Å². The second-order valence-electron chi connectivity index (χ2n) is 7.55. The minimum atomic E-state index is -0.0763. The first-order valence-corrected chi connectivity index (χ1v) is 9.99. The molecule has 0 bridgehead atoms. The van der Waals surface area contributed by atoms with Crippen molar-refractivity contribution in [1.82, 2.24) is 10.2 Å². The lowest BCUT2D eigenvalue weighted by atomic mass is 9.84. The van der Waals surface area contributed by atoms with E-state index in [1.54, 1.807) is 33.5 Å². The molecule has 2 atom stereocenters. The third-order valence-electron chi connectivity index (χ3n) is 5.84. The Morgan fingerprint density at radius 1 is 1.00 bits per heavy atom. The van der Waals surface area contributed by atoms with Crippen LogP contribution >= 0.6 is 0 Å². The number of carbonyl (C=O) groups is 1. The SMILES string of the molecule is COc1cc(C(=O)NC2CCCCC2CN2CCCC2)cc(OC)c1OC. The van der Waals surface area contributed by atoms with Crippen molar-refractivity contribution in [3.8, 4) is 17.2 Å². The van der Waals surface area contributed by atoms with Gasteiger partial charge in [-0.15, -0.1) is 0 Å². The van der Waals surface area contributed by atoms with E-state index in [1.165, 1.54) is 45.2 Å². The van der Waals surface area contributed by atoms with Gasteiger partial charge in [0.1, 0.15) is 0 Å². The topological polar surface area (TPSA) is 60.0 Å². The number of hydrogen-bond donors (Lipinski definition) is 1. The van der Waals surface area contributed by atoms with Crippen LogP contribution in [0, 0.1) is 5.92 Å². The molecule has 1 heterocycles. The third-order valence-corrected chi connectivity index (χ3v) is 5.84. The third kappa shape index (κ3) is 4.67. The van der Waals surface area contributed by atoms with Gasteiger partial charge in [0, 0.05) is 18.2 Å². The molecule has 3 rings (SSSR count). The summed E-state index contributed by atoms with van der Waals surface area (Å²) in [5, 5.41) is 3.28. The van der Waals surface area contributed by atoms with E-state index in [1.807, 2.05) is 0 Å². The number of methoxy groups -OCH3 is 3. The highest BCUT2D eigenvalue weighted by atomic mass is 16.5. The van der Waals surface area contributed by atoms with Gasteiger partial charge in [0.05, 0.1) is 21.3 Å². The van der Waals surface area contributed by atoms with Gasteiger partial charge < -0.3 is 24.4 Å². The summed E-state index contributed by atoms with van der Waals surface area (Å²) in [4.78, 5) is 15.5. The zero-order valence-corrected chi connectivity index (χ0v) is 16.8. The smallest absolute Gasteiger partial charge is 0.251 e. The molecule has 1 aliphatic carbocycles. The zero-order chi connectivity index (χ0) is 19.2. The van der Waals surface area contributed by atoms with Crippen LogP contribution in [0.3, 0.4) is 0 Å². The molecule has 1 saturated carbocycles. The van der Waals surface area contributed by atoms with Gasteiger partial charge in [0.15, 0.2) is 11.5 Å². The maximum absolute atomic E-state index is 13.0. The van der Waals surface area contributed by atoms with Crippen LogP contribution in [0.4, 0.5) is 0 Å². The molecule has 0 aromatic heterocycles. The Bertz CT molecular complexity index is 618. The molecule has 2 aliphatic rings. The van der Waals surface area contributed by atoms with E-state index < -0.39 is 0 Å². The first-order chi connectivity index (χ1) is 13.2. The summed E-state index contributed by atoms with van der Waals surface area (Å²) in [6.07, 6.45) is 7.28. The summed E-state index contributed by atoms with van der Waals surface area (Å²) in [5.41, 5.74) is 0.537. The molecule has 1 N–H and O–H groups in total. The molecule has 1 amide bonds. The quantitative estimate of drug-likeness (QED) is 0.792. The lowest BCUT2D eigenvalue weighted by Crippen LogP contribution is -2.46. The van der Waals surface area contributed by atoms with Gasteiger partial charge in [-0.3, -0.25) is 4.79 Å². The van der Waals surface area contributed by atoms with Crippen molar-refractivity contribution in [2.45, 2.75) is 44.6 Å². The predicted octanol–water partition coefficient (Wildman–Crippen LogP) is 3.10.